The topological polar surface area (TPSA) is 51.2 Å². The number of nitrogens with zero attached hydrogens (tertiary/aromatic N) is 1. The van der Waals surface area contributed by atoms with Gasteiger partial charge in [0.15, 0.2) is 12.1 Å². The number of fused-ring (bicyclic) bond motifs is 1. The van der Waals surface area contributed by atoms with Gasteiger partial charge in [-0.2, -0.15) is 0 Å². The fourth-order valence-corrected chi connectivity index (χ4v) is 2.93. The summed E-state index contributed by atoms with van der Waals surface area (Å²) in [6.07, 6.45) is 0.984. The number of aliphatic hydroxyl groups is 1. The highest BCUT2D eigenvalue weighted by Crippen LogP contribution is 2.37. The van der Waals surface area contributed by atoms with E-state index in [4.69, 9.17) is 14.2 Å². The number of aliphatic hydroxyl groups excluding tert-OH is 1. The summed E-state index contributed by atoms with van der Waals surface area (Å²) in [4.78, 5) is 2.33. The molecule has 3 aliphatic rings. The molecule has 17 heavy (non-hydrogen) atoms. The van der Waals surface area contributed by atoms with Crippen molar-refractivity contribution in [2.45, 2.75) is 57.1 Å². The smallest absolute Gasteiger partial charge is 0.190 e. The minimum Gasteiger partial charge on any atom is -0.387 e. The summed E-state index contributed by atoms with van der Waals surface area (Å²) in [5, 5.41) is 10.2. The van der Waals surface area contributed by atoms with Gasteiger partial charge in [-0.25, -0.2) is 0 Å². The van der Waals surface area contributed by atoms with E-state index < -0.39 is 18.2 Å². The van der Waals surface area contributed by atoms with Crippen LogP contribution in [0.15, 0.2) is 0 Å². The lowest BCUT2D eigenvalue weighted by atomic mass is 10.1. The maximum absolute atomic E-state index is 10.2. The Morgan fingerprint density at radius 3 is 2.59 bits per heavy atom. The molecule has 0 aromatic heterocycles. The van der Waals surface area contributed by atoms with Gasteiger partial charge in [0.2, 0.25) is 0 Å². The Labute approximate surface area is 102 Å². The van der Waals surface area contributed by atoms with Gasteiger partial charge >= 0.3 is 0 Å². The first-order valence-corrected chi connectivity index (χ1v) is 6.47. The van der Waals surface area contributed by atoms with Gasteiger partial charge in [-0.05, 0) is 39.8 Å². The fourth-order valence-electron chi connectivity index (χ4n) is 2.93. The molecule has 0 aromatic rings. The summed E-state index contributed by atoms with van der Waals surface area (Å²) in [6, 6.07) is 0. The zero-order valence-electron chi connectivity index (χ0n) is 10.5. The Kier molecular flexibility index (Phi) is 2.91. The predicted molar refractivity (Wildman–Crippen MR) is 60.4 cm³/mol. The maximum Gasteiger partial charge on any atom is 0.190 e. The van der Waals surface area contributed by atoms with Crippen molar-refractivity contribution in [2.24, 2.45) is 0 Å². The average molecular weight is 243 g/mol. The molecule has 98 valence electrons. The first kappa shape index (κ1) is 11.9. The maximum atomic E-state index is 10.2. The number of hydrogen-bond donors (Lipinski definition) is 1. The molecule has 0 spiro atoms. The van der Waals surface area contributed by atoms with E-state index in [2.05, 4.69) is 4.90 Å². The molecule has 0 saturated carbocycles. The van der Waals surface area contributed by atoms with Gasteiger partial charge in [0.25, 0.3) is 0 Å². The molecule has 5 heteroatoms. The van der Waals surface area contributed by atoms with Gasteiger partial charge in [0.05, 0.1) is 0 Å². The van der Waals surface area contributed by atoms with Crippen molar-refractivity contribution in [1.82, 2.24) is 4.90 Å². The standard InChI is InChI=1S/C12H21NO4/c1-12(2)16-10-9(14)8(15-11(10)17-12)7-13-5-3-4-6-13/h8-11,14H,3-7H2,1-2H3/t8-,9-,10+,11-/m1/s1. The summed E-state index contributed by atoms with van der Waals surface area (Å²) in [7, 11) is 0. The van der Waals surface area contributed by atoms with Crippen LogP contribution in [0.5, 0.6) is 0 Å². The molecule has 0 radical (unpaired) electrons. The Balaban J connectivity index is 1.60. The highest BCUT2D eigenvalue weighted by molar-refractivity contribution is 4.94. The molecule has 4 atom stereocenters. The quantitative estimate of drug-likeness (QED) is 0.757. The van der Waals surface area contributed by atoms with Crippen LogP contribution in [0.3, 0.4) is 0 Å². The van der Waals surface area contributed by atoms with Gasteiger partial charge in [-0.3, -0.25) is 0 Å². The van der Waals surface area contributed by atoms with Crippen molar-refractivity contribution in [2.75, 3.05) is 19.6 Å². The number of ether oxygens (including phenoxy) is 3. The van der Waals surface area contributed by atoms with Crippen LogP contribution in [0.2, 0.25) is 0 Å². The summed E-state index contributed by atoms with van der Waals surface area (Å²) in [5.74, 6) is -0.644. The molecule has 0 bridgehead atoms. The minimum atomic E-state index is -0.644. The van der Waals surface area contributed by atoms with Crippen LogP contribution in [0.4, 0.5) is 0 Å². The molecular weight excluding hydrogens is 222 g/mol. The van der Waals surface area contributed by atoms with Crippen molar-refractivity contribution < 1.29 is 19.3 Å². The predicted octanol–water partition coefficient (Wildman–Crippen LogP) is 0.319. The Bertz CT molecular complexity index is 290. The van der Waals surface area contributed by atoms with Gasteiger partial charge in [0.1, 0.15) is 18.3 Å². The summed E-state index contributed by atoms with van der Waals surface area (Å²) >= 11 is 0. The summed E-state index contributed by atoms with van der Waals surface area (Å²) in [6.45, 7) is 6.68. The molecule has 0 aliphatic carbocycles. The largest absolute Gasteiger partial charge is 0.387 e. The first-order valence-electron chi connectivity index (χ1n) is 6.47. The molecule has 0 unspecified atom stereocenters. The van der Waals surface area contributed by atoms with E-state index in [1.165, 1.54) is 12.8 Å². The molecule has 0 amide bonds. The van der Waals surface area contributed by atoms with Crippen molar-refractivity contribution in [1.29, 1.82) is 0 Å². The van der Waals surface area contributed by atoms with Gasteiger partial charge in [-0.15, -0.1) is 0 Å². The van der Waals surface area contributed by atoms with Gasteiger partial charge < -0.3 is 24.2 Å². The van der Waals surface area contributed by atoms with Crippen LogP contribution in [0.1, 0.15) is 26.7 Å². The number of rotatable bonds is 2. The van der Waals surface area contributed by atoms with E-state index in [0.717, 1.165) is 19.6 Å². The average Bonchev–Trinajstić information content (AvgIpc) is 2.89. The molecule has 5 nitrogen and oxygen atoms in total. The second-order valence-corrected chi connectivity index (χ2v) is 5.64. The van der Waals surface area contributed by atoms with Crippen LogP contribution in [-0.4, -0.2) is 60.0 Å². The molecule has 3 aliphatic heterocycles. The van der Waals surface area contributed by atoms with Crippen molar-refractivity contribution in [3.05, 3.63) is 0 Å². The van der Waals surface area contributed by atoms with E-state index in [1.54, 1.807) is 0 Å². The molecule has 3 fully saturated rings. The lowest BCUT2D eigenvalue weighted by molar-refractivity contribution is -0.216. The van der Waals surface area contributed by atoms with Crippen molar-refractivity contribution >= 4 is 0 Å². The van der Waals surface area contributed by atoms with E-state index in [-0.39, 0.29) is 12.2 Å². The highest BCUT2D eigenvalue weighted by Gasteiger charge is 2.54. The van der Waals surface area contributed by atoms with Gasteiger partial charge in [-0.1, -0.05) is 0 Å². The Hall–Kier alpha value is -0.200. The zero-order chi connectivity index (χ0) is 12.0. The van der Waals surface area contributed by atoms with Crippen LogP contribution in [0.25, 0.3) is 0 Å². The lowest BCUT2D eigenvalue weighted by Crippen LogP contribution is -2.40. The third kappa shape index (κ3) is 2.22. The SMILES string of the molecule is CC1(C)O[C@H]2O[C@H](CN3CCCC3)[C@@H](O)[C@@H]2O1. The zero-order valence-corrected chi connectivity index (χ0v) is 10.5. The molecule has 3 saturated heterocycles. The van der Waals surface area contributed by atoms with E-state index in [1.807, 2.05) is 13.8 Å². The molecular formula is C12H21NO4. The monoisotopic (exact) mass is 243 g/mol. The van der Waals surface area contributed by atoms with Crippen molar-refractivity contribution in [3.8, 4) is 0 Å². The first-order chi connectivity index (χ1) is 8.05. The van der Waals surface area contributed by atoms with E-state index in [0.29, 0.717) is 0 Å². The third-order valence-electron chi connectivity index (χ3n) is 3.75. The number of hydrogen-bond acceptors (Lipinski definition) is 5. The fraction of sp³-hybridized carbons (Fsp3) is 1.00. The second kappa shape index (κ2) is 4.17. The summed E-state index contributed by atoms with van der Waals surface area (Å²) in [5.41, 5.74) is 0. The van der Waals surface area contributed by atoms with Crippen LogP contribution >= 0.6 is 0 Å². The van der Waals surface area contributed by atoms with Crippen molar-refractivity contribution in [3.63, 3.8) is 0 Å². The molecule has 3 rings (SSSR count). The Morgan fingerprint density at radius 2 is 1.94 bits per heavy atom. The lowest BCUT2D eigenvalue weighted by Gasteiger charge is -2.25. The van der Waals surface area contributed by atoms with E-state index >= 15 is 0 Å². The van der Waals surface area contributed by atoms with Crippen LogP contribution in [-0.2, 0) is 14.2 Å². The third-order valence-corrected chi connectivity index (χ3v) is 3.75. The molecule has 3 heterocycles. The van der Waals surface area contributed by atoms with E-state index in [9.17, 15) is 5.11 Å². The Morgan fingerprint density at radius 1 is 1.24 bits per heavy atom. The minimum absolute atomic E-state index is 0.181. The van der Waals surface area contributed by atoms with Gasteiger partial charge in [0, 0.05) is 6.54 Å². The molecule has 1 N–H and O–H groups in total. The van der Waals surface area contributed by atoms with Crippen LogP contribution < -0.4 is 0 Å². The second-order valence-electron chi connectivity index (χ2n) is 5.64. The highest BCUT2D eigenvalue weighted by atomic mass is 16.8. The summed E-state index contributed by atoms with van der Waals surface area (Å²) < 4.78 is 17.0. The normalized spacial score (nSPS) is 45.4. The number of likely N-dealkylation sites (tertiary alicyclic amines) is 1. The van der Waals surface area contributed by atoms with Crippen LogP contribution in [0, 0.1) is 0 Å². The molecule has 0 aromatic carbocycles.